The molecule has 5 nitrogen and oxygen atoms in total. The second kappa shape index (κ2) is 6.90. The largest absolute Gasteiger partial charge is 0.466 e. The number of rotatable bonds is 5. The number of carbonyl (C=O) groups is 1. The fourth-order valence-electron chi connectivity index (χ4n) is 2.29. The van der Waals surface area contributed by atoms with E-state index in [9.17, 15) is 9.90 Å². The van der Waals surface area contributed by atoms with Crippen molar-refractivity contribution in [3.63, 3.8) is 0 Å². The molecule has 1 atom stereocenters. The van der Waals surface area contributed by atoms with Crippen LogP contribution in [0.2, 0.25) is 0 Å². The fraction of sp³-hybridized carbons (Fsp3) is 0.167. The number of amides is 2. The molecule has 0 bridgehead atoms. The van der Waals surface area contributed by atoms with Crippen LogP contribution in [0.4, 0.5) is 10.5 Å². The monoisotopic (exact) mass is 342 g/mol. The smallest absolute Gasteiger partial charge is 0.319 e. The Morgan fingerprint density at radius 3 is 2.83 bits per heavy atom. The van der Waals surface area contributed by atoms with Gasteiger partial charge in [-0.15, -0.1) is 11.3 Å². The summed E-state index contributed by atoms with van der Waals surface area (Å²) in [7, 11) is 0. The Labute approximate surface area is 143 Å². The summed E-state index contributed by atoms with van der Waals surface area (Å²) < 4.78 is 5.19. The molecular formula is C18H18N2O3S. The molecule has 3 rings (SSSR count). The van der Waals surface area contributed by atoms with Gasteiger partial charge in [-0.2, -0.15) is 0 Å². The van der Waals surface area contributed by atoms with Gasteiger partial charge in [-0.25, -0.2) is 4.79 Å². The van der Waals surface area contributed by atoms with Crippen LogP contribution < -0.4 is 10.6 Å². The van der Waals surface area contributed by atoms with E-state index in [1.54, 1.807) is 30.4 Å². The first-order valence-electron chi connectivity index (χ1n) is 7.50. The Morgan fingerprint density at radius 2 is 2.12 bits per heavy atom. The highest BCUT2D eigenvalue weighted by Gasteiger charge is 2.26. The van der Waals surface area contributed by atoms with Gasteiger partial charge < -0.3 is 20.2 Å². The maximum absolute atomic E-state index is 12.1. The van der Waals surface area contributed by atoms with Gasteiger partial charge in [-0.1, -0.05) is 18.2 Å². The van der Waals surface area contributed by atoms with Gasteiger partial charge in [0.1, 0.15) is 11.4 Å². The highest BCUT2D eigenvalue weighted by atomic mass is 32.1. The van der Waals surface area contributed by atoms with Crippen molar-refractivity contribution in [1.82, 2.24) is 5.32 Å². The van der Waals surface area contributed by atoms with Crippen molar-refractivity contribution in [1.29, 1.82) is 0 Å². The zero-order valence-corrected chi connectivity index (χ0v) is 14.0. The summed E-state index contributed by atoms with van der Waals surface area (Å²) >= 11 is 1.64. The molecule has 0 saturated carbocycles. The molecule has 6 heteroatoms. The first kappa shape index (κ1) is 16.3. The van der Waals surface area contributed by atoms with E-state index in [-0.39, 0.29) is 12.6 Å². The van der Waals surface area contributed by atoms with E-state index in [0.717, 1.165) is 10.4 Å². The number of thiophene rings is 1. The highest BCUT2D eigenvalue weighted by Crippen LogP contribution is 2.26. The molecular weight excluding hydrogens is 324 g/mol. The lowest BCUT2D eigenvalue weighted by Gasteiger charge is -2.21. The van der Waals surface area contributed by atoms with Crippen molar-refractivity contribution in [3.8, 4) is 10.4 Å². The summed E-state index contributed by atoms with van der Waals surface area (Å²) in [5, 5.41) is 17.8. The second-order valence-electron chi connectivity index (χ2n) is 5.62. The van der Waals surface area contributed by atoms with Crippen molar-refractivity contribution in [2.75, 3.05) is 11.9 Å². The lowest BCUT2D eigenvalue weighted by molar-refractivity contribution is 0.0372. The second-order valence-corrected chi connectivity index (χ2v) is 6.56. The Hall–Kier alpha value is -2.57. The minimum atomic E-state index is -1.26. The molecule has 0 spiro atoms. The number of anilines is 1. The number of furan rings is 1. The zero-order valence-electron chi connectivity index (χ0n) is 13.2. The topological polar surface area (TPSA) is 74.5 Å². The SMILES string of the molecule is CC(O)(CNC(=O)Nc1cccc(-c2cccs2)c1)c1ccco1. The van der Waals surface area contributed by atoms with Crippen molar-refractivity contribution in [2.45, 2.75) is 12.5 Å². The summed E-state index contributed by atoms with van der Waals surface area (Å²) in [6.45, 7) is 1.63. The number of carbonyl (C=O) groups excluding carboxylic acids is 1. The summed E-state index contributed by atoms with van der Waals surface area (Å²) in [4.78, 5) is 13.2. The van der Waals surface area contributed by atoms with Crippen LogP contribution in [-0.2, 0) is 5.60 Å². The molecule has 0 fully saturated rings. The van der Waals surface area contributed by atoms with Crippen molar-refractivity contribution in [3.05, 3.63) is 65.9 Å². The number of benzene rings is 1. The van der Waals surface area contributed by atoms with Crippen molar-refractivity contribution >= 4 is 23.1 Å². The number of aliphatic hydroxyl groups is 1. The molecule has 124 valence electrons. The zero-order chi connectivity index (χ0) is 17.0. The molecule has 24 heavy (non-hydrogen) atoms. The van der Waals surface area contributed by atoms with Gasteiger partial charge in [0.25, 0.3) is 0 Å². The molecule has 1 aromatic carbocycles. The van der Waals surface area contributed by atoms with Gasteiger partial charge in [-0.3, -0.25) is 0 Å². The molecule has 3 aromatic rings. The van der Waals surface area contributed by atoms with Crippen LogP contribution in [0.15, 0.2) is 64.6 Å². The Morgan fingerprint density at radius 1 is 1.25 bits per heavy atom. The van der Waals surface area contributed by atoms with Crippen LogP contribution in [0.5, 0.6) is 0 Å². The summed E-state index contributed by atoms with van der Waals surface area (Å²) in [5.74, 6) is 0.405. The van der Waals surface area contributed by atoms with Crippen LogP contribution in [0.25, 0.3) is 10.4 Å². The van der Waals surface area contributed by atoms with Crippen LogP contribution in [0.3, 0.4) is 0 Å². The Bertz CT molecular complexity index is 796. The third kappa shape index (κ3) is 3.84. The number of hydrogen-bond donors (Lipinski definition) is 3. The number of hydrogen-bond acceptors (Lipinski definition) is 4. The van der Waals surface area contributed by atoms with E-state index in [4.69, 9.17) is 4.42 Å². The molecule has 2 amide bonds. The van der Waals surface area contributed by atoms with Crippen LogP contribution in [0.1, 0.15) is 12.7 Å². The van der Waals surface area contributed by atoms with Gasteiger partial charge >= 0.3 is 6.03 Å². The molecule has 0 aliphatic heterocycles. The van der Waals surface area contributed by atoms with Crippen LogP contribution >= 0.6 is 11.3 Å². The normalized spacial score (nSPS) is 13.2. The van der Waals surface area contributed by atoms with Gasteiger partial charge in [-0.05, 0) is 48.2 Å². The predicted octanol–water partition coefficient (Wildman–Crippen LogP) is 4.04. The van der Waals surface area contributed by atoms with Gasteiger partial charge in [0.2, 0.25) is 0 Å². The summed E-state index contributed by atoms with van der Waals surface area (Å²) in [5.41, 5.74) is 0.473. The minimum absolute atomic E-state index is 0.0387. The molecule has 0 radical (unpaired) electrons. The molecule has 1 unspecified atom stereocenters. The highest BCUT2D eigenvalue weighted by molar-refractivity contribution is 7.13. The van der Waals surface area contributed by atoms with E-state index in [0.29, 0.717) is 11.4 Å². The van der Waals surface area contributed by atoms with Crippen LogP contribution in [-0.4, -0.2) is 17.7 Å². The van der Waals surface area contributed by atoms with Crippen LogP contribution in [0, 0.1) is 0 Å². The van der Waals surface area contributed by atoms with E-state index < -0.39 is 5.60 Å². The van der Waals surface area contributed by atoms with Gasteiger partial charge in [0, 0.05) is 10.6 Å². The first-order valence-corrected chi connectivity index (χ1v) is 8.38. The average Bonchev–Trinajstić information content (AvgIpc) is 3.26. The fourth-order valence-corrected chi connectivity index (χ4v) is 3.02. The Balaban J connectivity index is 1.60. The standard InChI is InChI=1S/C18H18N2O3S/c1-18(22,16-8-3-9-23-16)12-19-17(21)20-14-6-2-5-13(11-14)15-7-4-10-24-15/h2-11,22H,12H2,1H3,(H2,19,20,21). The molecule has 0 aliphatic rings. The quantitative estimate of drug-likeness (QED) is 0.655. The average molecular weight is 342 g/mol. The number of urea groups is 1. The molecule has 3 N–H and O–H groups in total. The van der Waals surface area contributed by atoms with Crippen molar-refractivity contribution in [2.24, 2.45) is 0 Å². The maximum Gasteiger partial charge on any atom is 0.319 e. The lowest BCUT2D eigenvalue weighted by atomic mass is 10.0. The molecule has 2 aromatic heterocycles. The van der Waals surface area contributed by atoms with E-state index in [2.05, 4.69) is 10.6 Å². The molecule has 0 saturated heterocycles. The van der Waals surface area contributed by atoms with E-state index in [1.165, 1.54) is 6.26 Å². The first-order chi connectivity index (χ1) is 11.5. The summed E-state index contributed by atoms with van der Waals surface area (Å²) in [6.07, 6.45) is 1.49. The van der Waals surface area contributed by atoms with Gasteiger partial charge in [0.05, 0.1) is 12.8 Å². The van der Waals surface area contributed by atoms with E-state index in [1.807, 2.05) is 41.8 Å². The third-order valence-electron chi connectivity index (χ3n) is 3.57. The third-order valence-corrected chi connectivity index (χ3v) is 4.49. The predicted molar refractivity (Wildman–Crippen MR) is 95.1 cm³/mol. The lowest BCUT2D eigenvalue weighted by Crippen LogP contribution is -2.40. The summed E-state index contributed by atoms with van der Waals surface area (Å²) in [6, 6.07) is 14.6. The molecule has 0 aliphatic carbocycles. The Kier molecular flexibility index (Phi) is 4.69. The molecule has 2 heterocycles. The minimum Gasteiger partial charge on any atom is -0.466 e. The van der Waals surface area contributed by atoms with E-state index >= 15 is 0 Å². The van der Waals surface area contributed by atoms with Crippen molar-refractivity contribution < 1.29 is 14.3 Å². The van der Waals surface area contributed by atoms with Gasteiger partial charge in [0.15, 0.2) is 0 Å². The maximum atomic E-state index is 12.1. The number of nitrogens with one attached hydrogen (secondary N) is 2.